The molecule has 0 atom stereocenters. The fourth-order valence-corrected chi connectivity index (χ4v) is 4.57. The third kappa shape index (κ3) is 5.63. The minimum atomic E-state index is -3.50. The summed E-state index contributed by atoms with van der Waals surface area (Å²) in [5.74, 6) is -0.116. The second-order valence-corrected chi connectivity index (χ2v) is 8.97. The predicted octanol–water partition coefficient (Wildman–Crippen LogP) is -0.260. The molecular weight excluding hydrogens is 392 g/mol. The molecular formula is C20H25N4O4S+. The Hall–Kier alpha value is -2.75. The summed E-state index contributed by atoms with van der Waals surface area (Å²) >= 11 is 0. The lowest BCUT2D eigenvalue weighted by Crippen LogP contribution is -3.15. The van der Waals surface area contributed by atoms with Gasteiger partial charge in [-0.05, 0) is 36.8 Å². The van der Waals surface area contributed by atoms with Crippen LogP contribution in [0.2, 0.25) is 0 Å². The Morgan fingerprint density at radius 3 is 2.55 bits per heavy atom. The van der Waals surface area contributed by atoms with E-state index >= 15 is 0 Å². The Kier molecular flexibility index (Phi) is 6.63. The summed E-state index contributed by atoms with van der Waals surface area (Å²) in [5.41, 5.74) is 4.15. The minimum Gasteiger partial charge on any atom is -0.508 e. The first-order chi connectivity index (χ1) is 13.8. The van der Waals surface area contributed by atoms with Gasteiger partial charge in [0, 0.05) is 0 Å². The predicted molar refractivity (Wildman–Crippen MR) is 109 cm³/mol. The largest absolute Gasteiger partial charge is 0.508 e. The highest BCUT2D eigenvalue weighted by Crippen LogP contribution is 2.16. The van der Waals surface area contributed by atoms with Gasteiger partial charge in [0.1, 0.15) is 5.75 Å². The van der Waals surface area contributed by atoms with Crippen LogP contribution in [0.15, 0.2) is 58.5 Å². The molecule has 0 spiro atoms. The summed E-state index contributed by atoms with van der Waals surface area (Å²) < 4.78 is 26.9. The lowest BCUT2D eigenvalue weighted by atomic mass is 10.2. The van der Waals surface area contributed by atoms with E-state index in [2.05, 4.69) is 10.5 Å². The second-order valence-electron chi connectivity index (χ2n) is 7.03. The average molecular weight is 418 g/mol. The number of phenols is 1. The molecule has 1 amide bonds. The van der Waals surface area contributed by atoms with Crippen LogP contribution in [-0.2, 0) is 14.8 Å². The number of carbonyl (C=O) groups is 1. The number of sulfonamides is 1. The summed E-state index contributed by atoms with van der Waals surface area (Å²) in [6.45, 7) is 3.97. The van der Waals surface area contributed by atoms with Crippen molar-refractivity contribution in [1.29, 1.82) is 0 Å². The fourth-order valence-electron chi connectivity index (χ4n) is 3.13. The third-order valence-corrected chi connectivity index (χ3v) is 6.68. The monoisotopic (exact) mass is 417 g/mol. The summed E-state index contributed by atoms with van der Waals surface area (Å²) in [4.78, 5) is 13.4. The Bertz CT molecular complexity index is 982. The van der Waals surface area contributed by atoms with Gasteiger partial charge in [-0.15, -0.1) is 0 Å². The molecule has 8 nitrogen and oxygen atoms in total. The number of quaternary nitrogens is 1. The summed E-state index contributed by atoms with van der Waals surface area (Å²) in [5, 5.41) is 13.3. The van der Waals surface area contributed by atoms with Crippen molar-refractivity contribution < 1.29 is 23.2 Å². The lowest BCUT2D eigenvalue weighted by molar-refractivity contribution is -0.895. The van der Waals surface area contributed by atoms with Gasteiger partial charge >= 0.3 is 0 Å². The Morgan fingerprint density at radius 2 is 1.90 bits per heavy atom. The van der Waals surface area contributed by atoms with Crippen LogP contribution in [-0.4, -0.2) is 62.7 Å². The van der Waals surface area contributed by atoms with Crippen molar-refractivity contribution in [3.8, 4) is 5.75 Å². The normalized spacial score (nSPS) is 16.2. The Labute approximate surface area is 170 Å². The van der Waals surface area contributed by atoms with Gasteiger partial charge in [-0.1, -0.05) is 29.8 Å². The SMILES string of the molecule is Cc1ccc(S(=O)(=O)N2CC[NH+](CC(=O)N/N=C/c3cccc(O)c3)CC2)cc1. The van der Waals surface area contributed by atoms with E-state index in [-0.39, 0.29) is 18.2 Å². The molecule has 1 aliphatic heterocycles. The molecule has 1 aliphatic rings. The van der Waals surface area contributed by atoms with Crippen LogP contribution in [0.4, 0.5) is 0 Å². The first-order valence-electron chi connectivity index (χ1n) is 9.36. The molecule has 1 saturated heterocycles. The van der Waals surface area contributed by atoms with E-state index in [0.29, 0.717) is 36.6 Å². The number of aromatic hydroxyl groups is 1. The molecule has 0 saturated carbocycles. The van der Waals surface area contributed by atoms with Gasteiger partial charge in [-0.25, -0.2) is 13.8 Å². The molecule has 2 aromatic rings. The molecule has 3 N–H and O–H groups in total. The maximum Gasteiger partial charge on any atom is 0.295 e. The van der Waals surface area contributed by atoms with Crippen LogP contribution < -0.4 is 10.3 Å². The van der Waals surface area contributed by atoms with Gasteiger partial charge in [0.15, 0.2) is 6.54 Å². The summed E-state index contributed by atoms with van der Waals surface area (Å²) in [6, 6.07) is 13.4. The van der Waals surface area contributed by atoms with E-state index in [4.69, 9.17) is 0 Å². The number of hydrogen-bond acceptors (Lipinski definition) is 5. The molecule has 0 aliphatic carbocycles. The van der Waals surface area contributed by atoms with Crippen LogP contribution in [0.3, 0.4) is 0 Å². The van der Waals surface area contributed by atoms with E-state index in [9.17, 15) is 18.3 Å². The van der Waals surface area contributed by atoms with Crippen molar-refractivity contribution in [1.82, 2.24) is 9.73 Å². The number of amides is 1. The minimum absolute atomic E-state index is 0.128. The standard InChI is InChI=1S/C20H24N4O4S/c1-16-5-7-19(8-6-16)29(27,28)24-11-9-23(10-12-24)15-20(26)22-21-14-17-3-2-4-18(25)13-17/h2-8,13-14,25H,9-12,15H2,1H3,(H,22,26)/p+1/b21-14+. The highest BCUT2D eigenvalue weighted by molar-refractivity contribution is 7.89. The van der Waals surface area contributed by atoms with Crippen LogP contribution in [0.5, 0.6) is 5.75 Å². The average Bonchev–Trinajstić information content (AvgIpc) is 2.69. The van der Waals surface area contributed by atoms with Crippen molar-refractivity contribution in [3.05, 3.63) is 59.7 Å². The number of benzene rings is 2. The fraction of sp³-hybridized carbons (Fsp3) is 0.300. The maximum atomic E-state index is 12.7. The molecule has 9 heteroatoms. The summed E-state index contributed by atoms with van der Waals surface area (Å²) in [6.07, 6.45) is 1.46. The maximum absolute atomic E-state index is 12.7. The first kappa shape index (κ1) is 21.0. The number of hydrogen-bond donors (Lipinski definition) is 3. The van der Waals surface area contributed by atoms with Crippen LogP contribution in [0.1, 0.15) is 11.1 Å². The van der Waals surface area contributed by atoms with Crippen molar-refractivity contribution in [2.45, 2.75) is 11.8 Å². The highest BCUT2D eigenvalue weighted by Gasteiger charge is 2.31. The quantitative estimate of drug-likeness (QED) is 0.445. The number of carbonyl (C=O) groups excluding carboxylic acids is 1. The molecule has 0 unspecified atom stereocenters. The number of nitrogens with one attached hydrogen (secondary N) is 2. The zero-order valence-corrected chi connectivity index (χ0v) is 17.0. The zero-order valence-electron chi connectivity index (χ0n) is 16.2. The molecule has 2 aromatic carbocycles. The number of phenolic OH excluding ortho intramolecular Hbond substituents is 1. The van der Waals surface area contributed by atoms with Gasteiger partial charge in [0.25, 0.3) is 5.91 Å². The smallest absolute Gasteiger partial charge is 0.295 e. The topological polar surface area (TPSA) is 104 Å². The van der Waals surface area contributed by atoms with E-state index in [0.717, 1.165) is 10.5 Å². The molecule has 1 heterocycles. The van der Waals surface area contributed by atoms with Crippen molar-refractivity contribution in [3.63, 3.8) is 0 Å². The van der Waals surface area contributed by atoms with E-state index in [1.165, 1.54) is 16.6 Å². The molecule has 0 radical (unpaired) electrons. The Morgan fingerprint density at radius 1 is 1.21 bits per heavy atom. The number of piperazine rings is 1. The van der Waals surface area contributed by atoms with Crippen molar-refractivity contribution in [2.24, 2.45) is 5.10 Å². The summed E-state index contributed by atoms with van der Waals surface area (Å²) in [7, 11) is -3.50. The number of hydrazone groups is 1. The van der Waals surface area contributed by atoms with E-state index < -0.39 is 10.0 Å². The molecule has 29 heavy (non-hydrogen) atoms. The first-order valence-corrected chi connectivity index (χ1v) is 10.8. The number of nitrogens with zero attached hydrogens (tertiary/aromatic N) is 2. The van der Waals surface area contributed by atoms with Gasteiger partial charge < -0.3 is 10.0 Å². The molecule has 3 rings (SSSR count). The van der Waals surface area contributed by atoms with Gasteiger partial charge in [0.05, 0.1) is 37.3 Å². The van der Waals surface area contributed by atoms with E-state index in [1.807, 2.05) is 6.92 Å². The molecule has 0 aromatic heterocycles. The van der Waals surface area contributed by atoms with Crippen molar-refractivity contribution in [2.75, 3.05) is 32.7 Å². The lowest BCUT2D eigenvalue weighted by Gasteiger charge is -2.31. The third-order valence-electron chi connectivity index (χ3n) is 4.77. The highest BCUT2D eigenvalue weighted by atomic mass is 32.2. The van der Waals surface area contributed by atoms with Gasteiger partial charge in [-0.3, -0.25) is 4.79 Å². The van der Waals surface area contributed by atoms with Crippen LogP contribution >= 0.6 is 0 Å². The van der Waals surface area contributed by atoms with Crippen molar-refractivity contribution >= 4 is 22.1 Å². The Balaban J connectivity index is 1.48. The van der Waals surface area contributed by atoms with E-state index in [1.54, 1.807) is 42.5 Å². The van der Waals surface area contributed by atoms with Gasteiger partial charge in [0.2, 0.25) is 10.0 Å². The zero-order chi connectivity index (χ0) is 20.9. The molecule has 0 bridgehead atoms. The second kappa shape index (κ2) is 9.17. The number of rotatable bonds is 6. The van der Waals surface area contributed by atoms with Crippen LogP contribution in [0.25, 0.3) is 0 Å². The molecule has 154 valence electrons. The number of aryl methyl sites for hydroxylation is 1. The van der Waals surface area contributed by atoms with Crippen LogP contribution in [0, 0.1) is 6.92 Å². The molecule has 1 fully saturated rings. The van der Waals surface area contributed by atoms with Gasteiger partial charge in [-0.2, -0.15) is 9.41 Å².